The Labute approximate surface area is 135 Å². The Balaban J connectivity index is 2.40. The Morgan fingerprint density at radius 1 is 1.27 bits per heavy atom. The van der Waals surface area contributed by atoms with Crippen LogP contribution in [0.3, 0.4) is 0 Å². The van der Waals surface area contributed by atoms with Gasteiger partial charge in [-0.3, -0.25) is 4.99 Å². The van der Waals surface area contributed by atoms with E-state index in [2.05, 4.69) is 41.1 Å². The van der Waals surface area contributed by atoms with Gasteiger partial charge >= 0.3 is 0 Å². The summed E-state index contributed by atoms with van der Waals surface area (Å²) in [4.78, 5) is 4.36. The van der Waals surface area contributed by atoms with E-state index in [0.717, 1.165) is 19.4 Å². The van der Waals surface area contributed by atoms with Crippen LogP contribution >= 0.6 is 0 Å². The number of aliphatic imine (C=N–C) groups is 1. The van der Waals surface area contributed by atoms with Gasteiger partial charge in [-0.05, 0) is 38.5 Å². The molecule has 0 radical (unpaired) electrons. The molecular formula is C15H32N4O2S. The third-order valence-corrected chi connectivity index (χ3v) is 5.48. The predicted octanol–water partition coefficient (Wildman–Crippen LogP) is 1.31. The van der Waals surface area contributed by atoms with E-state index in [4.69, 9.17) is 0 Å². The van der Waals surface area contributed by atoms with Gasteiger partial charge in [-0.2, -0.15) is 0 Å². The molecule has 0 aromatic carbocycles. The van der Waals surface area contributed by atoms with Crippen LogP contribution in [0.4, 0.5) is 0 Å². The van der Waals surface area contributed by atoms with Crippen LogP contribution in [0.5, 0.6) is 0 Å². The van der Waals surface area contributed by atoms with Gasteiger partial charge in [0.2, 0.25) is 10.0 Å². The van der Waals surface area contributed by atoms with Gasteiger partial charge in [-0.15, -0.1) is 0 Å². The van der Waals surface area contributed by atoms with E-state index >= 15 is 0 Å². The Morgan fingerprint density at radius 2 is 1.95 bits per heavy atom. The highest BCUT2D eigenvalue weighted by Crippen LogP contribution is 2.25. The lowest BCUT2D eigenvalue weighted by atomic mass is 9.86. The summed E-state index contributed by atoms with van der Waals surface area (Å²) in [7, 11) is -3.22. The first-order valence-corrected chi connectivity index (χ1v) is 10.0. The quantitative estimate of drug-likeness (QED) is 0.439. The first-order valence-electron chi connectivity index (χ1n) is 8.36. The lowest BCUT2D eigenvalue weighted by Crippen LogP contribution is -2.44. The van der Waals surface area contributed by atoms with Crippen molar-refractivity contribution >= 4 is 16.0 Å². The molecule has 0 saturated heterocycles. The first-order chi connectivity index (χ1) is 10.3. The summed E-state index contributed by atoms with van der Waals surface area (Å²) < 4.78 is 26.5. The highest BCUT2D eigenvalue weighted by Gasteiger charge is 2.20. The molecule has 22 heavy (non-hydrogen) atoms. The molecule has 0 heterocycles. The number of hydrogen-bond acceptors (Lipinski definition) is 3. The Bertz CT molecular complexity index is 444. The van der Waals surface area contributed by atoms with Crippen molar-refractivity contribution < 1.29 is 8.42 Å². The molecular weight excluding hydrogens is 300 g/mol. The minimum absolute atomic E-state index is 0.0341. The highest BCUT2D eigenvalue weighted by molar-refractivity contribution is 7.89. The lowest BCUT2D eigenvalue weighted by molar-refractivity contribution is 0.316. The zero-order valence-corrected chi connectivity index (χ0v) is 15.2. The number of rotatable bonds is 9. The van der Waals surface area contributed by atoms with Crippen molar-refractivity contribution in [2.45, 2.75) is 53.0 Å². The van der Waals surface area contributed by atoms with E-state index in [1.807, 2.05) is 6.92 Å². The summed E-state index contributed by atoms with van der Waals surface area (Å²) in [6, 6.07) is 0.283. The smallest absolute Gasteiger partial charge is 0.213 e. The number of hydrogen-bond donors (Lipinski definition) is 3. The average molecular weight is 333 g/mol. The van der Waals surface area contributed by atoms with Crippen molar-refractivity contribution in [3.05, 3.63) is 0 Å². The summed E-state index contributed by atoms with van der Waals surface area (Å²) >= 11 is 0. The van der Waals surface area contributed by atoms with Gasteiger partial charge in [0.05, 0.1) is 12.3 Å². The third kappa shape index (κ3) is 7.45. The maximum Gasteiger partial charge on any atom is 0.213 e. The van der Waals surface area contributed by atoms with E-state index in [9.17, 15) is 8.42 Å². The zero-order chi connectivity index (χ0) is 16.6. The third-order valence-electron chi connectivity index (χ3n) is 4.16. The van der Waals surface area contributed by atoms with Gasteiger partial charge < -0.3 is 10.6 Å². The fraction of sp³-hybridized carbons (Fsp3) is 0.933. The number of nitrogens with zero attached hydrogens (tertiary/aromatic N) is 1. The van der Waals surface area contributed by atoms with Crippen molar-refractivity contribution in [1.82, 2.24) is 15.4 Å². The van der Waals surface area contributed by atoms with Gasteiger partial charge in [0.15, 0.2) is 5.96 Å². The summed E-state index contributed by atoms with van der Waals surface area (Å²) in [5.74, 6) is 1.73. The molecule has 0 aliphatic heterocycles. The molecule has 0 aromatic rings. The van der Waals surface area contributed by atoms with Crippen molar-refractivity contribution in [3.63, 3.8) is 0 Å². The molecule has 1 fully saturated rings. The van der Waals surface area contributed by atoms with Crippen LogP contribution in [-0.4, -0.2) is 45.8 Å². The van der Waals surface area contributed by atoms with Crippen LogP contribution in [0.2, 0.25) is 0 Å². The van der Waals surface area contributed by atoms with E-state index in [-0.39, 0.29) is 18.3 Å². The normalized spacial score (nSPS) is 18.1. The molecule has 1 unspecified atom stereocenters. The summed E-state index contributed by atoms with van der Waals surface area (Å²) in [6.07, 6.45) is 3.51. The molecule has 0 amide bonds. The maximum absolute atomic E-state index is 11.9. The van der Waals surface area contributed by atoms with Gasteiger partial charge in [0.25, 0.3) is 0 Å². The monoisotopic (exact) mass is 332 g/mol. The van der Waals surface area contributed by atoms with Crippen LogP contribution in [-0.2, 0) is 10.0 Å². The second-order valence-corrected chi connectivity index (χ2v) is 8.33. The van der Waals surface area contributed by atoms with Crippen molar-refractivity contribution in [3.8, 4) is 0 Å². The van der Waals surface area contributed by atoms with E-state index in [1.54, 1.807) is 0 Å². The Kier molecular flexibility index (Phi) is 8.17. The van der Waals surface area contributed by atoms with Crippen LogP contribution in [0.1, 0.15) is 47.0 Å². The molecule has 0 bridgehead atoms. The van der Waals surface area contributed by atoms with Gasteiger partial charge in [0, 0.05) is 19.1 Å². The molecule has 1 aliphatic carbocycles. The molecule has 130 valence electrons. The van der Waals surface area contributed by atoms with E-state index < -0.39 is 10.0 Å². The number of sulfonamides is 1. The van der Waals surface area contributed by atoms with Crippen LogP contribution in [0.15, 0.2) is 4.99 Å². The number of nitrogens with one attached hydrogen (secondary N) is 3. The molecule has 7 heteroatoms. The maximum atomic E-state index is 11.9. The van der Waals surface area contributed by atoms with Crippen LogP contribution in [0.25, 0.3) is 0 Å². The molecule has 1 rings (SSSR count). The van der Waals surface area contributed by atoms with Crippen LogP contribution < -0.4 is 15.4 Å². The summed E-state index contributed by atoms with van der Waals surface area (Å²) in [5.41, 5.74) is 0. The molecule has 6 nitrogen and oxygen atoms in total. The largest absolute Gasteiger partial charge is 0.357 e. The minimum atomic E-state index is -3.22. The SMILES string of the molecule is CCNC(=NCCS(=O)(=O)NCC1CCC1)NC(C)C(C)C. The van der Waals surface area contributed by atoms with Gasteiger partial charge in [-0.1, -0.05) is 20.3 Å². The number of guanidine groups is 1. The zero-order valence-electron chi connectivity index (χ0n) is 14.4. The van der Waals surface area contributed by atoms with E-state index in [0.29, 0.717) is 24.3 Å². The molecule has 1 atom stereocenters. The van der Waals surface area contributed by atoms with Crippen molar-refractivity contribution in [1.29, 1.82) is 0 Å². The topological polar surface area (TPSA) is 82.6 Å². The molecule has 3 N–H and O–H groups in total. The predicted molar refractivity (Wildman–Crippen MR) is 92.5 cm³/mol. The Hall–Kier alpha value is -0.820. The fourth-order valence-electron chi connectivity index (χ4n) is 1.99. The molecule has 1 aliphatic rings. The van der Waals surface area contributed by atoms with Gasteiger partial charge in [0.1, 0.15) is 0 Å². The second kappa shape index (κ2) is 9.35. The van der Waals surface area contributed by atoms with E-state index in [1.165, 1.54) is 6.42 Å². The highest BCUT2D eigenvalue weighted by atomic mass is 32.2. The Morgan fingerprint density at radius 3 is 2.45 bits per heavy atom. The minimum Gasteiger partial charge on any atom is -0.357 e. The van der Waals surface area contributed by atoms with Crippen LogP contribution in [0, 0.1) is 11.8 Å². The van der Waals surface area contributed by atoms with Gasteiger partial charge in [-0.25, -0.2) is 13.1 Å². The lowest BCUT2D eigenvalue weighted by Gasteiger charge is -2.25. The van der Waals surface area contributed by atoms with Crippen molar-refractivity contribution in [2.24, 2.45) is 16.8 Å². The molecule has 1 saturated carbocycles. The molecule has 0 spiro atoms. The summed E-state index contributed by atoms with van der Waals surface area (Å²) in [5, 5.41) is 6.44. The van der Waals surface area contributed by atoms with Crippen molar-refractivity contribution in [2.75, 3.05) is 25.4 Å². The summed E-state index contributed by atoms with van der Waals surface area (Å²) in [6.45, 7) is 9.95. The first kappa shape index (κ1) is 19.2. The molecule has 0 aromatic heterocycles. The fourth-order valence-corrected chi connectivity index (χ4v) is 2.96. The standard InChI is InChI=1S/C15H32N4O2S/c1-5-16-15(19-13(4)12(2)3)17-9-10-22(20,21)18-11-14-7-6-8-14/h12-14,18H,5-11H2,1-4H3,(H2,16,17,19). The second-order valence-electron chi connectivity index (χ2n) is 6.40. The average Bonchev–Trinajstić information content (AvgIpc) is 2.36.